The summed E-state index contributed by atoms with van der Waals surface area (Å²) in [6.45, 7) is 5.78. The molecule has 0 unspecified atom stereocenters. The molecule has 1 aromatic heterocycles. The molecule has 3 atom stereocenters. The minimum Gasteiger partial charge on any atom is -0.420 e. The first-order valence-electron chi connectivity index (χ1n) is 21.5. The van der Waals surface area contributed by atoms with Crippen LogP contribution in [0.1, 0.15) is 155 Å². The van der Waals surface area contributed by atoms with E-state index in [0.717, 1.165) is 31.0 Å². The number of carbonyl (C=O) groups excluding carboxylic acids is 4. The lowest BCUT2D eigenvalue weighted by Gasteiger charge is -2.42. The third-order valence-corrected chi connectivity index (χ3v) is 11.9. The smallest absolute Gasteiger partial charge is 0.315 e. The number of ether oxygens (including phenoxy) is 1. The molecule has 12 nitrogen and oxygen atoms in total. The zero-order valence-corrected chi connectivity index (χ0v) is 35.0. The van der Waals surface area contributed by atoms with Gasteiger partial charge in [-0.2, -0.15) is 0 Å². The zero-order chi connectivity index (χ0) is 42.8. The molecule has 2 bridgehead atoms. The third-order valence-electron chi connectivity index (χ3n) is 11.9. The van der Waals surface area contributed by atoms with E-state index < -0.39 is 57.8 Å². The van der Waals surface area contributed by atoms with Crippen LogP contribution in [0.2, 0.25) is 0 Å². The topological polar surface area (TPSA) is 148 Å². The summed E-state index contributed by atoms with van der Waals surface area (Å²) in [6.07, 6.45) is 16.1. The van der Waals surface area contributed by atoms with E-state index in [-0.39, 0.29) is 42.7 Å². The number of fused-ring (bicyclic) bond motifs is 5. The molecule has 0 radical (unpaired) electrons. The molecule has 322 valence electrons. The van der Waals surface area contributed by atoms with Crippen molar-refractivity contribution in [1.82, 2.24) is 14.8 Å². The van der Waals surface area contributed by atoms with Crippen LogP contribution in [-0.2, 0) is 27.4 Å². The average Bonchev–Trinajstić information content (AvgIpc) is 3.55. The molecule has 3 aliphatic heterocycles. The van der Waals surface area contributed by atoms with Gasteiger partial charge in [0.2, 0.25) is 17.1 Å². The molecule has 1 saturated heterocycles. The highest BCUT2D eigenvalue weighted by Crippen LogP contribution is 2.46. The Morgan fingerprint density at radius 2 is 1.63 bits per heavy atom. The van der Waals surface area contributed by atoms with Crippen LogP contribution in [-0.4, -0.2) is 57.1 Å². The number of unbranched alkanes of at least 4 members (excludes halogenated alkanes) is 10. The molecule has 0 aliphatic carbocycles. The summed E-state index contributed by atoms with van der Waals surface area (Å²) >= 11 is 0. The summed E-state index contributed by atoms with van der Waals surface area (Å²) < 4.78 is 35.3. The Balaban J connectivity index is 1.14. The number of nitrogens with one attached hydrogen (secondary N) is 2. The van der Waals surface area contributed by atoms with Crippen molar-refractivity contribution in [3.8, 4) is 5.75 Å². The molecule has 0 saturated carbocycles. The van der Waals surface area contributed by atoms with Crippen molar-refractivity contribution in [3.05, 3.63) is 92.9 Å². The lowest BCUT2D eigenvalue weighted by Crippen LogP contribution is -2.52. The van der Waals surface area contributed by atoms with E-state index in [9.17, 15) is 32.8 Å². The molecule has 14 heteroatoms. The van der Waals surface area contributed by atoms with E-state index in [4.69, 9.17) is 9.57 Å². The van der Waals surface area contributed by atoms with Gasteiger partial charge in [0.25, 0.3) is 11.8 Å². The third kappa shape index (κ3) is 10.7. The van der Waals surface area contributed by atoms with Gasteiger partial charge in [0.05, 0.1) is 18.2 Å². The van der Waals surface area contributed by atoms with Crippen LogP contribution >= 0.6 is 0 Å². The number of halogens is 2. The molecule has 1 spiro atoms. The number of rotatable bonds is 19. The predicted molar refractivity (Wildman–Crippen MR) is 224 cm³/mol. The number of oxime groups is 1. The number of hydrogen-bond acceptors (Lipinski definition) is 8. The Bertz CT molecular complexity index is 2140. The monoisotopic (exact) mass is 829 g/mol. The Kier molecular flexibility index (Phi) is 14.9. The van der Waals surface area contributed by atoms with Crippen molar-refractivity contribution >= 4 is 35.1 Å². The molecule has 2 aromatic carbocycles. The standard InChI is InChI=1S/C46H57F2N5O7/c1-4-5-6-7-8-9-10-11-12-13-14-15-39(54)50-35-20-16-32(17-21-35)24-40(55)59-43-41-45(58)52-29-38(46(23-22-31(52)3)26-30(2)51-60-46)53(41)28-36(42(43)56)44(57)49-27-33-18-19-34(47)25-37(33)48/h16-21,25,28,31,38H,4-15,22-24,26-27,29H2,1-3H3,(H,49,57)(H,50,54)/t31-,38+,46-/m0/s1. The first-order chi connectivity index (χ1) is 28.9. The Labute approximate surface area is 350 Å². The Morgan fingerprint density at radius 1 is 0.950 bits per heavy atom. The number of aromatic nitrogens is 1. The summed E-state index contributed by atoms with van der Waals surface area (Å²) in [7, 11) is 0. The van der Waals surface area contributed by atoms with Gasteiger partial charge in [-0.3, -0.25) is 24.0 Å². The highest BCUT2D eigenvalue weighted by atomic mass is 19.1. The maximum atomic E-state index is 14.5. The van der Waals surface area contributed by atoms with Gasteiger partial charge in [-0.25, -0.2) is 8.78 Å². The van der Waals surface area contributed by atoms with Crippen molar-refractivity contribution in [2.24, 2.45) is 5.16 Å². The van der Waals surface area contributed by atoms with Crippen molar-refractivity contribution in [3.63, 3.8) is 0 Å². The molecular weight excluding hydrogens is 773 g/mol. The molecule has 3 aliphatic rings. The number of amides is 3. The van der Waals surface area contributed by atoms with E-state index >= 15 is 0 Å². The number of anilines is 1. The lowest BCUT2D eigenvalue weighted by molar-refractivity contribution is -0.133. The van der Waals surface area contributed by atoms with Crippen LogP contribution in [0.4, 0.5) is 14.5 Å². The molecule has 2 N–H and O–H groups in total. The lowest BCUT2D eigenvalue weighted by atomic mass is 9.84. The predicted octanol–water partition coefficient (Wildman–Crippen LogP) is 8.56. The summed E-state index contributed by atoms with van der Waals surface area (Å²) in [5.41, 5.74) is -0.716. The van der Waals surface area contributed by atoms with E-state index in [1.807, 2.05) is 13.8 Å². The number of benzene rings is 2. The summed E-state index contributed by atoms with van der Waals surface area (Å²) in [4.78, 5) is 76.1. The van der Waals surface area contributed by atoms with Crippen molar-refractivity contribution in [1.29, 1.82) is 0 Å². The van der Waals surface area contributed by atoms with Gasteiger partial charge in [-0.1, -0.05) is 94.5 Å². The first kappa shape index (κ1) is 44.2. The van der Waals surface area contributed by atoms with Crippen LogP contribution in [0, 0.1) is 11.6 Å². The van der Waals surface area contributed by atoms with Gasteiger partial charge >= 0.3 is 5.97 Å². The Morgan fingerprint density at radius 3 is 2.28 bits per heavy atom. The van der Waals surface area contributed by atoms with Crippen LogP contribution < -0.4 is 20.8 Å². The summed E-state index contributed by atoms with van der Waals surface area (Å²) in [5.74, 6) is -4.67. The highest BCUT2D eigenvalue weighted by molar-refractivity contribution is 6.00. The molecule has 3 aromatic rings. The fraction of sp³-hybridized carbons (Fsp3) is 0.522. The summed E-state index contributed by atoms with van der Waals surface area (Å²) in [6, 6.07) is 8.75. The second kappa shape index (κ2) is 20.2. The number of nitrogens with zero attached hydrogens (tertiary/aromatic N) is 3. The fourth-order valence-corrected chi connectivity index (χ4v) is 8.50. The minimum atomic E-state index is -1.00. The fourth-order valence-electron chi connectivity index (χ4n) is 8.50. The van der Waals surface area contributed by atoms with Crippen LogP contribution in [0.5, 0.6) is 5.75 Å². The van der Waals surface area contributed by atoms with E-state index in [2.05, 4.69) is 22.7 Å². The Hall–Kier alpha value is -5.40. The normalized spacial score (nSPS) is 19.3. The number of esters is 1. The molecule has 1 fully saturated rings. The molecule has 4 heterocycles. The van der Waals surface area contributed by atoms with Crippen molar-refractivity contribution in [2.75, 3.05) is 11.9 Å². The number of carbonyl (C=O) groups is 4. The summed E-state index contributed by atoms with van der Waals surface area (Å²) in [5, 5.41) is 9.65. The average molecular weight is 830 g/mol. The van der Waals surface area contributed by atoms with Gasteiger partial charge < -0.3 is 29.7 Å². The molecular formula is C46H57F2N5O7. The maximum Gasteiger partial charge on any atom is 0.315 e. The molecule has 6 rings (SSSR count). The quantitative estimate of drug-likeness (QED) is 0.0909. The van der Waals surface area contributed by atoms with Crippen LogP contribution in [0.25, 0.3) is 0 Å². The highest BCUT2D eigenvalue weighted by Gasteiger charge is 2.54. The maximum absolute atomic E-state index is 14.5. The van der Waals surface area contributed by atoms with Crippen LogP contribution in [0.15, 0.2) is 58.6 Å². The second-order valence-electron chi connectivity index (χ2n) is 16.6. The first-order valence-corrected chi connectivity index (χ1v) is 21.5. The number of pyridine rings is 1. The van der Waals surface area contributed by atoms with E-state index in [0.29, 0.717) is 43.0 Å². The largest absolute Gasteiger partial charge is 0.420 e. The van der Waals surface area contributed by atoms with E-state index in [1.165, 1.54) is 68.2 Å². The SMILES string of the molecule is CCCCCCCCCCCCCC(=O)Nc1ccc(CC(=O)Oc2c3n(cc(C(=O)NCc4ccc(F)cc4F)c2=O)[C@@H]2CN(C3=O)[C@@H](C)CC[C@]23CC(C)=NO3)cc1. The van der Waals surface area contributed by atoms with Gasteiger partial charge in [0.15, 0.2) is 11.3 Å². The van der Waals surface area contributed by atoms with Gasteiger partial charge in [0, 0.05) is 55.5 Å². The number of hydrogen-bond donors (Lipinski definition) is 2. The van der Waals surface area contributed by atoms with Crippen molar-refractivity contribution in [2.45, 2.75) is 148 Å². The second-order valence-corrected chi connectivity index (χ2v) is 16.6. The van der Waals surface area contributed by atoms with Crippen LogP contribution in [0.3, 0.4) is 0 Å². The van der Waals surface area contributed by atoms with E-state index in [1.54, 1.807) is 29.2 Å². The molecule has 3 amide bonds. The minimum absolute atomic E-state index is 0.0149. The van der Waals surface area contributed by atoms with Crippen molar-refractivity contribution < 1.29 is 37.5 Å². The van der Waals surface area contributed by atoms with Gasteiger partial charge in [0.1, 0.15) is 17.2 Å². The molecule has 60 heavy (non-hydrogen) atoms. The van der Waals surface area contributed by atoms with Gasteiger partial charge in [-0.05, 0) is 56.9 Å². The zero-order valence-electron chi connectivity index (χ0n) is 35.0. The van der Waals surface area contributed by atoms with Gasteiger partial charge in [-0.15, -0.1) is 0 Å².